The summed E-state index contributed by atoms with van der Waals surface area (Å²) in [6.07, 6.45) is 0. The summed E-state index contributed by atoms with van der Waals surface area (Å²) in [4.78, 5) is 15.2. The molecule has 4 nitrogen and oxygen atoms in total. The van der Waals surface area contributed by atoms with Crippen LogP contribution in [0.3, 0.4) is 0 Å². The molecule has 5 heteroatoms. The highest BCUT2D eigenvalue weighted by Gasteiger charge is 2.21. The molecule has 3 aromatic heterocycles. The number of nitrogens with zero attached hydrogens (tertiary/aromatic N) is 4. The Morgan fingerprint density at radius 3 is 1.71 bits per heavy atom. The second-order valence-electron chi connectivity index (χ2n) is 13.2. The largest absolute Gasteiger partial charge is 0.309 e. The molecule has 11 aromatic rings. The van der Waals surface area contributed by atoms with Gasteiger partial charge < -0.3 is 4.57 Å². The predicted octanol–water partition coefficient (Wildman–Crippen LogP) is 12.6. The molecule has 11 rings (SSSR count). The fourth-order valence-electron chi connectivity index (χ4n) is 7.89. The first-order valence-electron chi connectivity index (χ1n) is 17.5. The minimum Gasteiger partial charge on any atom is -0.309 e. The van der Waals surface area contributed by atoms with Gasteiger partial charge >= 0.3 is 0 Å². The van der Waals surface area contributed by atoms with E-state index in [1.54, 1.807) is 0 Å². The van der Waals surface area contributed by atoms with E-state index in [1.165, 1.54) is 69.2 Å². The van der Waals surface area contributed by atoms with Gasteiger partial charge in [-0.2, -0.15) is 0 Å². The smallest absolute Gasteiger partial charge is 0.165 e. The molecule has 0 aliphatic carbocycles. The number of benzene rings is 8. The highest BCUT2D eigenvalue weighted by Crippen LogP contribution is 2.46. The fraction of sp³-hybridized carbons (Fsp3) is 0. The lowest BCUT2D eigenvalue weighted by atomic mass is 10.00. The van der Waals surface area contributed by atoms with Crippen molar-refractivity contribution in [3.8, 4) is 39.9 Å². The molecular weight excluding hydrogens is 653 g/mol. The molecule has 0 aliphatic heterocycles. The first kappa shape index (κ1) is 29.1. The van der Waals surface area contributed by atoms with Crippen LogP contribution in [0.4, 0.5) is 0 Å². The van der Waals surface area contributed by atoms with E-state index in [2.05, 4.69) is 138 Å². The second kappa shape index (κ2) is 11.4. The third-order valence-corrected chi connectivity index (χ3v) is 11.5. The Balaban J connectivity index is 1.20. The summed E-state index contributed by atoms with van der Waals surface area (Å²) >= 11 is 1.83. The number of hydrogen-bond donors (Lipinski definition) is 0. The molecule has 242 valence electrons. The molecule has 0 amide bonds. The average Bonchev–Trinajstić information content (AvgIpc) is 3.77. The molecule has 0 atom stereocenters. The van der Waals surface area contributed by atoms with Gasteiger partial charge in [0.05, 0.1) is 16.7 Å². The molecule has 3 heterocycles. The highest BCUT2D eigenvalue weighted by molar-refractivity contribution is 7.27. The molecule has 0 saturated carbocycles. The Morgan fingerprint density at radius 2 is 0.962 bits per heavy atom. The molecule has 52 heavy (non-hydrogen) atoms. The van der Waals surface area contributed by atoms with Crippen LogP contribution in [0.25, 0.3) is 103 Å². The van der Waals surface area contributed by atoms with Crippen molar-refractivity contribution in [1.82, 2.24) is 19.5 Å². The minimum absolute atomic E-state index is 0.663. The maximum Gasteiger partial charge on any atom is 0.165 e. The van der Waals surface area contributed by atoms with E-state index in [4.69, 9.17) is 15.0 Å². The van der Waals surface area contributed by atoms with Crippen molar-refractivity contribution in [2.24, 2.45) is 0 Å². The van der Waals surface area contributed by atoms with Gasteiger partial charge in [0.25, 0.3) is 0 Å². The number of rotatable bonds is 4. The second-order valence-corrected chi connectivity index (χ2v) is 14.2. The number of aromatic nitrogens is 4. The molecule has 0 unspecified atom stereocenters. The molecule has 0 spiro atoms. The Hall–Kier alpha value is -6.69. The van der Waals surface area contributed by atoms with Crippen LogP contribution in [0.5, 0.6) is 0 Å². The van der Waals surface area contributed by atoms with Crippen LogP contribution in [-0.4, -0.2) is 19.5 Å². The molecule has 0 fully saturated rings. The van der Waals surface area contributed by atoms with Crippen molar-refractivity contribution in [3.05, 3.63) is 170 Å². The number of thiophene rings is 1. The predicted molar refractivity (Wildman–Crippen MR) is 218 cm³/mol. The maximum atomic E-state index is 5.11. The normalized spacial score (nSPS) is 11.8. The maximum absolute atomic E-state index is 5.11. The van der Waals surface area contributed by atoms with Crippen LogP contribution in [0.2, 0.25) is 0 Å². The third-order valence-electron chi connectivity index (χ3n) is 10.2. The summed E-state index contributed by atoms with van der Waals surface area (Å²) in [7, 11) is 0. The molecule has 0 N–H and O–H groups in total. The van der Waals surface area contributed by atoms with Gasteiger partial charge in [0.15, 0.2) is 17.5 Å². The summed E-state index contributed by atoms with van der Waals surface area (Å²) in [5.74, 6) is 2.00. The molecule has 0 radical (unpaired) electrons. The van der Waals surface area contributed by atoms with E-state index < -0.39 is 0 Å². The van der Waals surface area contributed by atoms with Gasteiger partial charge in [0, 0.05) is 53.0 Å². The Labute approximate surface area is 302 Å². The number of para-hydroxylation sites is 1. The van der Waals surface area contributed by atoms with E-state index >= 15 is 0 Å². The lowest BCUT2D eigenvalue weighted by Crippen LogP contribution is -2.00. The van der Waals surface area contributed by atoms with Crippen LogP contribution < -0.4 is 0 Å². The van der Waals surface area contributed by atoms with Gasteiger partial charge in [-0.15, -0.1) is 11.3 Å². The van der Waals surface area contributed by atoms with Crippen molar-refractivity contribution in [2.45, 2.75) is 0 Å². The van der Waals surface area contributed by atoms with Gasteiger partial charge in [-0.3, -0.25) is 0 Å². The topological polar surface area (TPSA) is 43.6 Å². The average molecular weight is 681 g/mol. The van der Waals surface area contributed by atoms with E-state index in [-0.39, 0.29) is 0 Å². The van der Waals surface area contributed by atoms with E-state index in [1.807, 2.05) is 47.7 Å². The van der Waals surface area contributed by atoms with Crippen molar-refractivity contribution in [3.63, 3.8) is 0 Å². The molecular formula is C47H28N4S. The molecule has 0 saturated heterocycles. The summed E-state index contributed by atoms with van der Waals surface area (Å²) in [5, 5.41) is 9.95. The van der Waals surface area contributed by atoms with Gasteiger partial charge in [0.2, 0.25) is 0 Å². The first-order valence-corrected chi connectivity index (χ1v) is 18.3. The zero-order valence-electron chi connectivity index (χ0n) is 27.9. The Bertz CT molecular complexity index is 3120. The van der Waals surface area contributed by atoms with Gasteiger partial charge in [-0.1, -0.05) is 146 Å². The van der Waals surface area contributed by atoms with Crippen LogP contribution in [0, 0.1) is 0 Å². The fourth-order valence-corrected chi connectivity index (χ4v) is 9.26. The van der Waals surface area contributed by atoms with Crippen LogP contribution in [0.15, 0.2) is 170 Å². The van der Waals surface area contributed by atoms with Crippen LogP contribution >= 0.6 is 11.3 Å². The Kier molecular flexibility index (Phi) is 6.39. The summed E-state index contributed by atoms with van der Waals surface area (Å²) in [6.45, 7) is 0. The first-order chi connectivity index (χ1) is 25.8. The van der Waals surface area contributed by atoms with Gasteiger partial charge in [-0.05, 0) is 40.4 Å². The van der Waals surface area contributed by atoms with E-state index in [9.17, 15) is 0 Å². The van der Waals surface area contributed by atoms with Crippen LogP contribution in [-0.2, 0) is 0 Å². The summed E-state index contributed by atoms with van der Waals surface area (Å²) < 4.78 is 4.90. The van der Waals surface area contributed by atoms with Crippen molar-refractivity contribution in [1.29, 1.82) is 0 Å². The number of fused-ring (bicyclic) bond motifs is 10. The zero-order chi connectivity index (χ0) is 34.2. The zero-order valence-corrected chi connectivity index (χ0v) is 28.7. The summed E-state index contributed by atoms with van der Waals surface area (Å²) in [6, 6.07) is 60.1. The number of hydrogen-bond acceptors (Lipinski definition) is 4. The lowest BCUT2D eigenvalue weighted by molar-refractivity contribution is 1.08. The van der Waals surface area contributed by atoms with E-state index in [0.29, 0.717) is 17.5 Å². The lowest BCUT2D eigenvalue weighted by Gasteiger charge is -2.14. The van der Waals surface area contributed by atoms with Crippen molar-refractivity contribution >= 4 is 74.9 Å². The van der Waals surface area contributed by atoms with E-state index in [0.717, 1.165) is 16.7 Å². The SMILES string of the molecule is c1ccc(-c2nc(-c3ccccc3)nc(-c3cccc4c3sc3c4ccc4c3c3ccccc3n4-c3cc4ccccc4c4ccccc34)n2)cc1. The molecule has 0 bridgehead atoms. The Morgan fingerprint density at radius 1 is 0.385 bits per heavy atom. The summed E-state index contributed by atoms with van der Waals surface area (Å²) in [5.41, 5.74) is 6.51. The van der Waals surface area contributed by atoms with Gasteiger partial charge in [0.1, 0.15) is 0 Å². The standard InChI is InChI=1S/C47H28N4S/c1-3-14-29(15-4-1)45-48-46(30-16-5-2-6-17-30)50-47(49-45)38-24-13-23-35-36-26-27-40-42(44(36)52-43(35)38)37-22-11-12-25-39(37)51(40)41-28-31-18-7-8-19-32(31)33-20-9-10-21-34(33)41/h1-28H. The monoisotopic (exact) mass is 680 g/mol. The third kappa shape index (κ3) is 4.36. The van der Waals surface area contributed by atoms with Crippen molar-refractivity contribution in [2.75, 3.05) is 0 Å². The highest BCUT2D eigenvalue weighted by atomic mass is 32.1. The molecule has 0 aliphatic rings. The van der Waals surface area contributed by atoms with Crippen LogP contribution in [0.1, 0.15) is 0 Å². The van der Waals surface area contributed by atoms with Crippen molar-refractivity contribution < 1.29 is 0 Å². The molecule has 8 aromatic carbocycles. The van der Waals surface area contributed by atoms with Gasteiger partial charge in [-0.25, -0.2) is 15.0 Å². The quantitative estimate of drug-likeness (QED) is 0.174. The minimum atomic E-state index is 0.663.